The quantitative estimate of drug-likeness (QED) is 0.742. The maximum atomic E-state index is 6.10. The first-order valence-corrected chi connectivity index (χ1v) is 7.61. The number of methoxy groups -OCH3 is 1. The molecular weight excluding hydrogens is 308 g/mol. The lowest BCUT2D eigenvalue weighted by molar-refractivity contribution is 0.415. The van der Waals surface area contributed by atoms with E-state index in [4.69, 9.17) is 16.3 Å². The van der Waals surface area contributed by atoms with Crippen molar-refractivity contribution in [1.29, 1.82) is 0 Å². The molecule has 7 heteroatoms. The highest BCUT2D eigenvalue weighted by Gasteiger charge is 2.12. The van der Waals surface area contributed by atoms with Crippen molar-refractivity contribution < 1.29 is 4.74 Å². The van der Waals surface area contributed by atoms with E-state index in [0.717, 1.165) is 38.9 Å². The highest BCUT2D eigenvalue weighted by Crippen LogP contribution is 2.31. The van der Waals surface area contributed by atoms with Crippen LogP contribution in [0.3, 0.4) is 0 Å². The van der Waals surface area contributed by atoms with E-state index in [0.29, 0.717) is 5.15 Å². The maximum Gasteiger partial charge on any atom is 0.172 e. The van der Waals surface area contributed by atoms with Gasteiger partial charge in [0.05, 0.1) is 18.1 Å². The van der Waals surface area contributed by atoms with E-state index in [1.54, 1.807) is 7.11 Å². The molecule has 108 valence electrons. The van der Waals surface area contributed by atoms with Crippen LogP contribution in [0.5, 0.6) is 5.75 Å². The molecule has 0 spiro atoms. The molecule has 5 nitrogen and oxygen atoms in total. The number of aromatic amines is 1. The maximum absolute atomic E-state index is 6.10. The van der Waals surface area contributed by atoms with Gasteiger partial charge in [0.1, 0.15) is 22.3 Å². The molecule has 0 amide bonds. The van der Waals surface area contributed by atoms with E-state index < -0.39 is 0 Å². The van der Waals surface area contributed by atoms with Gasteiger partial charge in [0, 0.05) is 11.6 Å². The largest absolute Gasteiger partial charge is 0.497 e. The number of hydrogen-bond donors (Lipinski definition) is 1. The van der Waals surface area contributed by atoms with Crippen LogP contribution in [0.2, 0.25) is 5.15 Å². The molecule has 2 heterocycles. The molecule has 1 aromatic carbocycles. The summed E-state index contributed by atoms with van der Waals surface area (Å²) >= 11 is 7.55. The minimum absolute atomic E-state index is 0.493. The van der Waals surface area contributed by atoms with Crippen molar-refractivity contribution in [1.82, 2.24) is 19.9 Å². The van der Waals surface area contributed by atoms with Gasteiger partial charge >= 0.3 is 0 Å². The number of imidazole rings is 1. The third-order valence-corrected chi connectivity index (χ3v) is 4.33. The SMILES string of the molecule is CCc1c(Cl)ncnc1Sc1nc2ccc(OC)cc2[nH]1. The van der Waals surface area contributed by atoms with E-state index >= 15 is 0 Å². The lowest BCUT2D eigenvalue weighted by Gasteiger charge is -2.04. The fraction of sp³-hybridized carbons (Fsp3) is 0.214. The number of fused-ring (bicyclic) bond motifs is 1. The zero-order chi connectivity index (χ0) is 14.8. The third-order valence-electron chi connectivity index (χ3n) is 3.07. The van der Waals surface area contributed by atoms with Crippen LogP contribution in [0.1, 0.15) is 12.5 Å². The molecule has 0 saturated carbocycles. The Hall–Kier alpha value is -1.79. The average Bonchev–Trinajstić information content (AvgIpc) is 2.88. The van der Waals surface area contributed by atoms with Gasteiger partial charge in [-0.25, -0.2) is 15.0 Å². The number of ether oxygens (including phenoxy) is 1. The number of nitrogens with one attached hydrogen (secondary N) is 1. The summed E-state index contributed by atoms with van der Waals surface area (Å²) in [6.45, 7) is 2.03. The predicted octanol–water partition coefficient (Wildman–Crippen LogP) is 3.73. The smallest absolute Gasteiger partial charge is 0.172 e. The molecular formula is C14H13ClN4OS. The van der Waals surface area contributed by atoms with Crippen LogP contribution < -0.4 is 4.74 Å². The van der Waals surface area contributed by atoms with Crippen molar-refractivity contribution in [2.75, 3.05) is 7.11 Å². The Balaban J connectivity index is 1.97. The van der Waals surface area contributed by atoms with E-state index in [-0.39, 0.29) is 0 Å². The molecule has 0 unspecified atom stereocenters. The third kappa shape index (κ3) is 2.82. The molecule has 21 heavy (non-hydrogen) atoms. The van der Waals surface area contributed by atoms with Gasteiger partial charge in [-0.3, -0.25) is 0 Å². The second-order valence-corrected chi connectivity index (χ2v) is 5.66. The van der Waals surface area contributed by atoms with Crippen LogP contribution >= 0.6 is 23.4 Å². The summed E-state index contributed by atoms with van der Waals surface area (Å²) < 4.78 is 5.21. The number of rotatable bonds is 4. The molecule has 0 fully saturated rings. The highest BCUT2D eigenvalue weighted by atomic mass is 35.5. The molecule has 0 saturated heterocycles. The summed E-state index contributed by atoms with van der Waals surface area (Å²) in [5, 5.41) is 2.08. The fourth-order valence-corrected chi connectivity index (χ4v) is 3.27. The Morgan fingerprint density at radius 3 is 2.95 bits per heavy atom. The fourth-order valence-electron chi connectivity index (χ4n) is 1.99. The van der Waals surface area contributed by atoms with Gasteiger partial charge in [-0.2, -0.15) is 0 Å². The number of halogens is 1. The van der Waals surface area contributed by atoms with Crippen molar-refractivity contribution in [3.05, 3.63) is 35.2 Å². The van der Waals surface area contributed by atoms with E-state index in [2.05, 4.69) is 19.9 Å². The molecule has 3 rings (SSSR count). The molecule has 0 bridgehead atoms. The summed E-state index contributed by atoms with van der Waals surface area (Å²) in [5.41, 5.74) is 2.74. The Labute approximate surface area is 131 Å². The second-order valence-electron chi connectivity index (χ2n) is 4.33. The highest BCUT2D eigenvalue weighted by molar-refractivity contribution is 7.99. The van der Waals surface area contributed by atoms with E-state index in [1.807, 2.05) is 25.1 Å². The van der Waals surface area contributed by atoms with Crippen molar-refractivity contribution in [2.45, 2.75) is 23.5 Å². The Bertz CT molecular complexity index is 790. The number of nitrogens with zero attached hydrogens (tertiary/aromatic N) is 3. The van der Waals surface area contributed by atoms with Crippen LogP contribution in [0, 0.1) is 0 Å². The minimum atomic E-state index is 0.493. The van der Waals surface area contributed by atoms with Crippen molar-refractivity contribution in [2.24, 2.45) is 0 Å². The first kappa shape index (κ1) is 14.2. The summed E-state index contributed by atoms with van der Waals surface area (Å²) in [7, 11) is 1.64. The Kier molecular flexibility index (Phi) is 3.98. The predicted molar refractivity (Wildman–Crippen MR) is 83.2 cm³/mol. The first-order chi connectivity index (χ1) is 10.2. The standard InChI is InChI=1S/C14H13ClN4OS/c1-3-9-12(15)16-7-17-13(9)21-14-18-10-5-4-8(20-2)6-11(10)19-14/h4-7H,3H2,1-2H3,(H,18,19). The number of benzene rings is 1. The monoisotopic (exact) mass is 320 g/mol. The number of hydrogen-bond acceptors (Lipinski definition) is 5. The van der Waals surface area contributed by atoms with Gasteiger partial charge in [-0.1, -0.05) is 18.5 Å². The van der Waals surface area contributed by atoms with Crippen LogP contribution in [0.4, 0.5) is 0 Å². The minimum Gasteiger partial charge on any atom is -0.497 e. The first-order valence-electron chi connectivity index (χ1n) is 6.42. The van der Waals surface area contributed by atoms with Crippen LogP contribution in [-0.2, 0) is 6.42 Å². The summed E-state index contributed by atoms with van der Waals surface area (Å²) in [6.07, 6.45) is 2.24. The number of aromatic nitrogens is 4. The van der Waals surface area contributed by atoms with E-state index in [1.165, 1.54) is 18.1 Å². The molecule has 2 aromatic heterocycles. The summed E-state index contributed by atoms with van der Waals surface area (Å²) in [5.74, 6) is 0.794. The van der Waals surface area contributed by atoms with Crippen LogP contribution in [0.25, 0.3) is 11.0 Å². The van der Waals surface area contributed by atoms with Gasteiger partial charge in [0.15, 0.2) is 5.16 Å². The lowest BCUT2D eigenvalue weighted by Crippen LogP contribution is -1.94. The van der Waals surface area contributed by atoms with Crippen molar-refractivity contribution >= 4 is 34.4 Å². The molecule has 1 N–H and O–H groups in total. The normalized spacial score (nSPS) is 11.0. The van der Waals surface area contributed by atoms with Gasteiger partial charge < -0.3 is 9.72 Å². The van der Waals surface area contributed by atoms with E-state index in [9.17, 15) is 0 Å². The topological polar surface area (TPSA) is 63.7 Å². The van der Waals surface area contributed by atoms with Crippen LogP contribution in [-0.4, -0.2) is 27.0 Å². The molecule has 0 radical (unpaired) electrons. The van der Waals surface area contributed by atoms with Gasteiger partial charge in [-0.15, -0.1) is 0 Å². The second kappa shape index (κ2) is 5.91. The van der Waals surface area contributed by atoms with Crippen LogP contribution in [0.15, 0.2) is 34.7 Å². The Morgan fingerprint density at radius 1 is 1.33 bits per heavy atom. The summed E-state index contributed by atoms with van der Waals surface area (Å²) in [6, 6.07) is 5.72. The molecule has 3 aromatic rings. The lowest BCUT2D eigenvalue weighted by atomic mass is 10.3. The zero-order valence-corrected chi connectivity index (χ0v) is 13.1. The number of H-pyrrole nitrogens is 1. The van der Waals surface area contributed by atoms with Gasteiger partial charge in [-0.05, 0) is 30.3 Å². The van der Waals surface area contributed by atoms with Crippen molar-refractivity contribution in [3.8, 4) is 5.75 Å². The molecule has 0 aliphatic rings. The summed E-state index contributed by atoms with van der Waals surface area (Å²) in [4.78, 5) is 16.1. The van der Waals surface area contributed by atoms with Gasteiger partial charge in [0.25, 0.3) is 0 Å². The van der Waals surface area contributed by atoms with Crippen molar-refractivity contribution in [3.63, 3.8) is 0 Å². The van der Waals surface area contributed by atoms with Gasteiger partial charge in [0.2, 0.25) is 0 Å². The molecule has 0 atom stereocenters. The Morgan fingerprint density at radius 2 is 2.19 bits per heavy atom. The average molecular weight is 321 g/mol. The zero-order valence-electron chi connectivity index (χ0n) is 11.6. The molecule has 0 aliphatic heterocycles. The molecule has 0 aliphatic carbocycles.